The molecule has 0 spiro atoms. The van der Waals surface area contributed by atoms with E-state index in [0.717, 1.165) is 6.20 Å². The van der Waals surface area contributed by atoms with Crippen molar-refractivity contribution >= 4 is 24.0 Å². The number of nitrogens with two attached hydrogens (primary N) is 1. The minimum absolute atomic E-state index is 0. The second-order valence-electron chi connectivity index (χ2n) is 3.13. The van der Waals surface area contributed by atoms with Crippen molar-refractivity contribution < 1.29 is 9.72 Å². The van der Waals surface area contributed by atoms with Gasteiger partial charge in [-0.15, -0.1) is 12.4 Å². The van der Waals surface area contributed by atoms with Crippen LogP contribution in [0, 0.1) is 17.0 Å². The van der Waals surface area contributed by atoms with Crippen molar-refractivity contribution in [1.29, 1.82) is 0 Å². The first-order valence-electron chi connectivity index (χ1n) is 4.65. The van der Waals surface area contributed by atoms with Gasteiger partial charge in [0.2, 0.25) is 0 Å². The fourth-order valence-electron chi connectivity index (χ4n) is 1.13. The van der Waals surface area contributed by atoms with Crippen LogP contribution in [0.2, 0.25) is 0 Å². The summed E-state index contributed by atoms with van der Waals surface area (Å²) in [7, 11) is 0. The second-order valence-corrected chi connectivity index (χ2v) is 3.13. The number of halogens is 1. The van der Waals surface area contributed by atoms with Crippen molar-refractivity contribution in [2.24, 2.45) is 5.73 Å². The van der Waals surface area contributed by atoms with Crippen molar-refractivity contribution in [3.8, 4) is 0 Å². The number of aromatic nitrogens is 1. The lowest BCUT2D eigenvalue weighted by molar-refractivity contribution is -0.385. The number of aryl methyl sites for hydroxylation is 1. The van der Waals surface area contributed by atoms with Gasteiger partial charge in [-0.25, -0.2) is 0 Å². The predicted molar refractivity (Wildman–Crippen MR) is 64.3 cm³/mol. The van der Waals surface area contributed by atoms with E-state index in [0.29, 0.717) is 18.8 Å². The van der Waals surface area contributed by atoms with E-state index < -0.39 is 10.8 Å². The standard InChI is InChI=1S/C9H12N4O3.ClH/c1-6-8(9(14)11-3-2-10)4-7(5-12-6)13(15)16;/h4-5H,2-3,10H2,1H3,(H,11,14);1H. The molecule has 0 unspecified atom stereocenters. The van der Waals surface area contributed by atoms with Crippen LogP contribution in [0.1, 0.15) is 16.1 Å². The van der Waals surface area contributed by atoms with E-state index in [1.165, 1.54) is 6.07 Å². The molecule has 0 saturated carbocycles. The van der Waals surface area contributed by atoms with Crippen molar-refractivity contribution in [2.45, 2.75) is 6.92 Å². The molecule has 1 rings (SSSR count). The number of carbonyl (C=O) groups is 1. The van der Waals surface area contributed by atoms with Gasteiger partial charge < -0.3 is 11.1 Å². The summed E-state index contributed by atoms with van der Waals surface area (Å²) in [5, 5.41) is 13.0. The fourth-order valence-corrected chi connectivity index (χ4v) is 1.13. The number of nitrogens with zero attached hydrogens (tertiary/aromatic N) is 2. The first-order chi connectivity index (χ1) is 7.56. The number of nitrogens with one attached hydrogen (secondary N) is 1. The summed E-state index contributed by atoms with van der Waals surface area (Å²) in [6.45, 7) is 2.25. The number of hydrogen-bond acceptors (Lipinski definition) is 5. The molecular formula is C9H13ClN4O3. The SMILES string of the molecule is Cc1ncc([N+](=O)[O-])cc1C(=O)NCCN.Cl. The molecule has 0 radical (unpaired) electrons. The van der Waals surface area contributed by atoms with Gasteiger partial charge >= 0.3 is 0 Å². The lowest BCUT2D eigenvalue weighted by Gasteiger charge is -2.05. The van der Waals surface area contributed by atoms with Gasteiger partial charge in [0.1, 0.15) is 6.20 Å². The van der Waals surface area contributed by atoms with Crippen LogP contribution in [-0.4, -0.2) is 28.9 Å². The maximum Gasteiger partial charge on any atom is 0.288 e. The Hall–Kier alpha value is -1.73. The average molecular weight is 261 g/mol. The molecule has 1 aromatic heterocycles. The van der Waals surface area contributed by atoms with Gasteiger partial charge in [0.05, 0.1) is 16.2 Å². The molecule has 0 atom stereocenters. The van der Waals surface area contributed by atoms with Crippen molar-refractivity contribution in [1.82, 2.24) is 10.3 Å². The Bertz CT molecular complexity index is 425. The number of hydrogen-bond donors (Lipinski definition) is 2. The lowest BCUT2D eigenvalue weighted by Crippen LogP contribution is -2.29. The molecule has 3 N–H and O–H groups in total. The monoisotopic (exact) mass is 260 g/mol. The van der Waals surface area contributed by atoms with Crippen LogP contribution in [0.25, 0.3) is 0 Å². The molecule has 1 amide bonds. The summed E-state index contributed by atoms with van der Waals surface area (Å²) in [4.78, 5) is 25.3. The number of pyridine rings is 1. The van der Waals surface area contributed by atoms with Crippen LogP contribution in [0.15, 0.2) is 12.3 Å². The minimum atomic E-state index is -0.591. The highest BCUT2D eigenvalue weighted by molar-refractivity contribution is 5.95. The Morgan fingerprint density at radius 2 is 2.29 bits per heavy atom. The number of nitro groups is 1. The molecule has 0 saturated heterocycles. The van der Waals surface area contributed by atoms with Gasteiger partial charge in [-0.1, -0.05) is 0 Å². The first-order valence-corrected chi connectivity index (χ1v) is 4.65. The van der Waals surface area contributed by atoms with Gasteiger partial charge in [-0.05, 0) is 6.92 Å². The molecule has 17 heavy (non-hydrogen) atoms. The Kier molecular flexibility index (Phi) is 6.08. The van der Waals surface area contributed by atoms with Gasteiger partial charge in [-0.2, -0.15) is 0 Å². The highest BCUT2D eigenvalue weighted by Crippen LogP contribution is 2.14. The van der Waals surface area contributed by atoms with E-state index in [4.69, 9.17) is 5.73 Å². The Morgan fingerprint density at radius 3 is 2.82 bits per heavy atom. The molecule has 1 heterocycles. The third-order valence-electron chi connectivity index (χ3n) is 1.96. The molecule has 0 aliphatic rings. The molecule has 0 aliphatic heterocycles. The topological polar surface area (TPSA) is 111 Å². The van der Waals surface area contributed by atoms with Crippen LogP contribution in [0.4, 0.5) is 5.69 Å². The smallest absolute Gasteiger partial charge is 0.288 e. The molecular weight excluding hydrogens is 248 g/mol. The van der Waals surface area contributed by atoms with Crippen molar-refractivity contribution in [3.63, 3.8) is 0 Å². The van der Waals surface area contributed by atoms with E-state index in [2.05, 4.69) is 10.3 Å². The van der Waals surface area contributed by atoms with Crippen LogP contribution in [0.3, 0.4) is 0 Å². The third kappa shape index (κ3) is 3.97. The fraction of sp³-hybridized carbons (Fsp3) is 0.333. The van der Waals surface area contributed by atoms with E-state index in [1.54, 1.807) is 6.92 Å². The highest BCUT2D eigenvalue weighted by atomic mass is 35.5. The average Bonchev–Trinajstić information content (AvgIpc) is 2.26. The normalized spacial score (nSPS) is 9.29. The van der Waals surface area contributed by atoms with Gasteiger partial charge in [0.15, 0.2) is 0 Å². The van der Waals surface area contributed by atoms with E-state index in [1.807, 2.05) is 0 Å². The molecule has 8 heteroatoms. The zero-order valence-corrected chi connectivity index (χ0v) is 9.99. The minimum Gasteiger partial charge on any atom is -0.351 e. The van der Waals surface area contributed by atoms with Crippen LogP contribution in [0.5, 0.6) is 0 Å². The summed E-state index contributed by atoms with van der Waals surface area (Å²) >= 11 is 0. The van der Waals surface area contributed by atoms with Crippen LogP contribution in [-0.2, 0) is 0 Å². The number of rotatable bonds is 4. The van der Waals surface area contributed by atoms with E-state index in [-0.39, 0.29) is 23.7 Å². The van der Waals surface area contributed by atoms with E-state index >= 15 is 0 Å². The maximum atomic E-state index is 11.6. The van der Waals surface area contributed by atoms with Gasteiger partial charge in [-0.3, -0.25) is 19.9 Å². The number of carbonyl (C=O) groups excluding carboxylic acids is 1. The Balaban J connectivity index is 0.00000256. The largest absolute Gasteiger partial charge is 0.351 e. The van der Waals surface area contributed by atoms with Crippen molar-refractivity contribution in [3.05, 3.63) is 33.6 Å². The van der Waals surface area contributed by atoms with Crippen molar-refractivity contribution in [2.75, 3.05) is 13.1 Å². The number of amides is 1. The first kappa shape index (κ1) is 15.3. The molecule has 94 valence electrons. The molecule has 0 aromatic carbocycles. The molecule has 7 nitrogen and oxygen atoms in total. The maximum absolute atomic E-state index is 11.6. The summed E-state index contributed by atoms with van der Waals surface area (Å²) in [5.41, 5.74) is 5.67. The molecule has 0 bridgehead atoms. The highest BCUT2D eigenvalue weighted by Gasteiger charge is 2.15. The zero-order chi connectivity index (χ0) is 12.1. The molecule has 0 fully saturated rings. The summed E-state index contributed by atoms with van der Waals surface area (Å²) in [5.74, 6) is -0.404. The zero-order valence-electron chi connectivity index (χ0n) is 9.17. The summed E-state index contributed by atoms with van der Waals surface area (Å²) < 4.78 is 0. The molecule has 0 aliphatic carbocycles. The van der Waals surface area contributed by atoms with Gasteiger partial charge in [0.25, 0.3) is 11.6 Å². The Labute approximate surface area is 104 Å². The predicted octanol–water partition coefficient (Wildman–Crippen LogP) is 0.409. The molecule has 1 aromatic rings. The summed E-state index contributed by atoms with van der Waals surface area (Å²) in [6, 6.07) is 1.20. The quantitative estimate of drug-likeness (QED) is 0.601. The van der Waals surface area contributed by atoms with Crippen LogP contribution < -0.4 is 11.1 Å². The Morgan fingerprint density at radius 1 is 1.65 bits per heavy atom. The summed E-state index contributed by atoms with van der Waals surface area (Å²) in [6.07, 6.45) is 1.12. The second kappa shape index (κ2) is 6.77. The van der Waals surface area contributed by atoms with Crippen LogP contribution >= 0.6 is 12.4 Å². The lowest BCUT2D eigenvalue weighted by atomic mass is 10.2. The van der Waals surface area contributed by atoms with Gasteiger partial charge in [0, 0.05) is 19.2 Å². The van der Waals surface area contributed by atoms with E-state index in [9.17, 15) is 14.9 Å². The third-order valence-corrected chi connectivity index (χ3v) is 1.96.